The maximum absolute atomic E-state index is 15.2. The van der Waals surface area contributed by atoms with Gasteiger partial charge < -0.3 is 46.5 Å². The number of aliphatic hydroxyl groups excluding tert-OH is 2. The van der Waals surface area contributed by atoms with Gasteiger partial charge in [0.25, 0.3) is 10.2 Å². The van der Waals surface area contributed by atoms with Crippen molar-refractivity contribution in [2.75, 3.05) is 39.9 Å². The Bertz CT molecular complexity index is 2880. The Labute approximate surface area is 437 Å². The number of fused-ring (bicyclic) bond motifs is 5. The van der Waals surface area contributed by atoms with Crippen molar-refractivity contribution in [1.29, 1.82) is 5.26 Å². The number of nitrogens with two attached hydrogens (primary N) is 3. The lowest BCUT2D eigenvalue weighted by Crippen LogP contribution is -2.46. The molecule has 0 fully saturated rings. The smallest absolute Gasteiger partial charge is 0.274 e. The van der Waals surface area contributed by atoms with Crippen molar-refractivity contribution in [2.45, 2.75) is 110 Å². The summed E-state index contributed by atoms with van der Waals surface area (Å²) < 4.78 is 38.3. The van der Waals surface area contributed by atoms with Gasteiger partial charge in [0.1, 0.15) is 37.2 Å². The van der Waals surface area contributed by atoms with Crippen molar-refractivity contribution in [1.82, 2.24) is 24.9 Å². The van der Waals surface area contributed by atoms with E-state index in [0.717, 1.165) is 10.5 Å². The fraction of sp³-hybridized carbons (Fsp3) is 0.472. The molecule has 0 saturated heterocycles. The third-order valence-corrected chi connectivity index (χ3v) is 13.5. The van der Waals surface area contributed by atoms with Crippen LogP contribution >= 0.6 is 0 Å². The van der Waals surface area contributed by atoms with Crippen molar-refractivity contribution < 1.29 is 57.2 Å². The summed E-state index contributed by atoms with van der Waals surface area (Å²) >= 11 is 0. The first kappa shape index (κ1) is 59.2. The van der Waals surface area contributed by atoms with Crippen LogP contribution in [0.5, 0.6) is 17.2 Å². The number of aromatic hydroxyl groups is 1. The number of aryl methyl sites for hydroxylation is 2. The Morgan fingerprint density at radius 1 is 0.933 bits per heavy atom. The molecule has 21 nitrogen and oxygen atoms in total. The zero-order chi connectivity index (χ0) is 55.5. The molecule has 11 N–H and O–H groups in total. The minimum atomic E-state index is -4.28. The van der Waals surface area contributed by atoms with E-state index in [9.17, 15) is 43.4 Å². The molecule has 5 rings (SSSR count). The maximum atomic E-state index is 15.2. The van der Waals surface area contributed by atoms with Gasteiger partial charge in [-0.1, -0.05) is 58.0 Å². The number of hydrogen-bond acceptors (Lipinski definition) is 17. The molecule has 3 aromatic carbocycles. The second-order valence-corrected chi connectivity index (χ2v) is 21.3. The molecule has 0 spiro atoms. The number of aliphatic hydroxyl groups is 2. The zero-order valence-electron chi connectivity index (χ0n) is 43.4. The number of hydrogen-bond donors (Lipinski definition) is 8. The molecular weight excluding hydrogens is 987 g/mol. The molecule has 0 unspecified atom stereocenters. The van der Waals surface area contributed by atoms with Gasteiger partial charge in [0.15, 0.2) is 34.7 Å². The van der Waals surface area contributed by atoms with Gasteiger partial charge in [0, 0.05) is 80.9 Å². The quantitative estimate of drug-likeness (QED) is 0.0556. The first-order chi connectivity index (χ1) is 35.3. The minimum Gasteiger partial charge on any atom is -0.504 e. The fourth-order valence-corrected chi connectivity index (χ4v) is 9.13. The van der Waals surface area contributed by atoms with Crippen LogP contribution in [0.1, 0.15) is 104 Å². The van der Waals surface area contributed by atoms with Gasteiger partial charge in [0.05, 0.1) is 29.1 Å². The largest absolute Gasteiger partial charge is 0.504 e. The number of nitrogens with zero attached hydrogens (tertiary/aromatic N) is 4. The number of likely N-dealkylation sites (N-methyl/N-ethyl adjacent to an activating group) is 1. The second kappa shape index (κ2) is 25.7. The van der Waals surface area contributed by atoms with E-state index < -0.39 is 107 Å². The number of ether oxygens (including phenoxy) is 2. The highest BCUT2D eigenvalue weighted by Crippen LogP contribution is 2.45. The number of rotatable bonds is 21. The van der Waals surface area contributed by atoms with Crippen LogP contribution in [0.15, 0.2) is 54.6 Å². The number of Topliss-reactive ketones (excluding diaryl/α,β-unsaturated/α-hetero) is 3. The van der Waals surface area contributed by atoms with Crippen molar-refractivity contribution in [3.05, 3.63) is 88.2 Å². The van der Waals surface area contributed by atoms with Crippen molar-refractivity contribution in [3.63, 3.8) is 0 Å². The first-order valence-electron chi connectivity index (χ1n) is 24.5. The highest BCUT2D eigenvalue weighted by atomic mass is 32.2. The lowest BCUT2D eigenvalue weighted by Gasteiger charge is -2.32. The minimum absolute atomic E-state index is 0.0207. The number of amides is 2. The standard InChI is InChI=1S/C53H69N9O12S/c1-29-19-44(67)48(62(7)52(70)34(16-18-58-75(57,71)72)23-43(66)47-30(2)59-50(60-31(47)3)33-11-13-36(14-12-33)53(4,5)6)35-22-40(49(68)46(24-35)74-28-38(64)26-56)39-20-32(10-15-45(39)73-27-37(63)25-55)21-41(61-51(29)69)42(65)9-8-17-54/h10-15,20,22,24,29,34,37-38,41,48,58,63-64,68H,8-9,16,18-19,21,23,25-28,55-56H2,1-7H3,(H,61,69)(H2,57,71,72)/t29-,34-,37-,38-,41+,48+/m1/s1. The molecule has 4 bridgehead atoms. The second-order valence-electron chi connectivity index (χ2n) is 19.9. The molecule has 0 aliphatic carbocycles. The van der Waals surface area contributed by atoms with Crippen LogP contribution in [0.25, 0.3) is 22.5 Å². The number of nitriles is 1. The summed E-state index contributed by atoms with van der Waals surface area (Å²) in [6.07, 6.45) is -4.11. The van der Waals surface area contributed by atoms with Crippen molar-refractivity contribution in [3.8, 4) is 45.8 Å². The Morgan fingerprint density at radius 2 is 1.55 bits per heavy atom. The third-order valence-electron chi connectivity index (χ3n) is 12.9. The topological polar surface area (TPSA) is 354 Å². The van der Waals surface area contributed by atoms with Crippen LogP contribution in [0.3, 0.4) is 0 Å². The van der Waals surface area contributed by atoms with Gasteiger partial charge in [0.2, 0.25) is 11.8 Å². The highest BCUT2D eigenvalue weighted by Gasteiger charge is 2.37. The first-order valence-corrected chi connectivity index (χ1v) is 26.1. The summed E-state index contributed by atoms with van der Waals surface area (Å²) in [4.78, 5) is 82.7. The van der Waals surface area contributed by atoms with Crippen LogP contribution in [0.2, 0.25) is 0 Å². The summed E-state index contributed by atoms with van der Waals surface area (Å²) in [5.41, 5.74) is 14.4. The number of nitrogens with one attached hydrogen (secondary N) is 2. The SMILES string of the molecule is Cc1nc(-c2ccc(C(C)(C)C)cc2)nc(C)c1C(=O)C[C@@H](CCNS(N)(=O)=O)C(=O)N(C)[C@@H]1C(=O)C[C@@H](C)C(=O)N[C@H](C(=O)CCC#N)Cc2ccc(OC[C@H](O)CN)c(c2)-c2cc1cc(OC[C@H](O)CN)c2O. The summed E-state index contributed by atoms with van der Waals surface area (Å²) in [6, 6.07) is 14.2. The number of carbonyl (C=O) groups is 5. The van der Waals surface area contributed by atoms with E-state index in [4.69, 9.17) is 26.1 Å². The van der Waals surface area contributed by atoms with Gasteiger partial charge >= 0.3 is 0 Å². The molecule has 2 heterocycles. The average molecular weight is 1060 g/mol. The fourth-order valence-electron chi connectivity index (χ4n) is 8.73. The molecule has 75 heavy (non-hydrogen) atoms. The predicted molar refractivity (Wildman–Crippen MR) is 278 cm³/mol. The van der Waals surface area contributed by atoms with Gasteiger partial charge in [-0.25, -0.2) is 19.8 Å². The number of phenolic OH excluding ortho intramolecular Hbond substituents is 1. The molecule has 404 valence electrons. The molecule has 0 saturated carbocycles. The Hall–Kier alpha value is -6.71. The van der Waals surface area contributed by atoms with E-state index in [1.807, 2.05) is 30.3 Å². The number of ketones is 3. The van der Waals surface area contributed by atoms with E-state index in [0.29, 0.717) is 28.3 Å². The van der Waals surface area contributed by atoms with Gasteiger partial charge in [-0.2, -0.15) is 13.7 Å². The summed E-state index contributed by atoms with van der Waals surface area (Å²) in [5, 5.41) is 50.2. The molecule has 1 aliphatic heterocycles. The molecular formula is C53H69N9O12S. The highest BCUT2D eigenvalue weighted by molar-refractivity contribution is 7.87. The third kappa shape index (κ3) is 15.7. The summed E-state index contributed by atoms with van der Waals surface area (Å²) in [5.74, 6) is -6.06. The van der Waals surface area contributed by atoms with Gasteiger partial charge in [-0.3, -0.25) is 24.0 Å². The zero-order valence-corrected chi connectivity index (χ0v) is 44.2. The van der Waals surface area contributed by atoms with E-state index in [1.54, 1.807) is 26.0 Å². The molecule has 6 atom stereocenters. The lowest BCUT2D eigenvalue weighted by molar-refractivity contribution is -0.142. The molecule has 1 aromatic heterocycles. The molecule has 1 aliphatic rings. The summed E-state index contributed by atoms with van der Waals surface area (Å²) in [7, 11) is -2.99. The normalized spacial score (nSPS) is 17.4. The van der Waals surface area contributed by atoms with Crippen LogP contribution in [0, 0.1) is 37.0 Å². The van der Waals surface area contributed by atoms with E-state index in [-0.39, 0.29) is 84.5 Å². The molecule has 4 aromatic rings. The monoisotopic (exact) mass is 1060 g/mol. The number of phenols is 1. The van der Waals surface area contributed by atoms with E-state index in [1.165, 1.54) is 32.2 Å². The van der Waals surface area contributed by atoms with Gasteiger partial charge in [-0.15, -0.1) is 0 Å². The molecule has 22 heteroatoms. The predicted octanol–water partition coefficient (Wildman–Crippen LogP) is 2.91. The van der Waals surface area contributed by atoms with Crippen LogP contribution in [-0.4, -0.2) is 126 Å². The van der Waals surface area contributed by atoms with E-state index >= 15 is 9.59 Å². The maximum Gasteiger partial charge on any atom is 0.274 e. The van der Waals surface area contributed by atoms with Gasteiger partial charge in [-0.05, 0) is 73.1 Å². The Balaban J connectivity index is 1.68. The number of aromatic nitrogens is 2. The summed E-state index contributed by atoms with van der Waals surface area (Å²) in [6.45, 7) is 9.46. The number of benzene rings is 3. The Kier molecular flexibility index (Phi) is 20.3. The van der Waals surface area contributed by atoms with Crippen LogP contribution < -0.4 is 36.1 Å². The van der Waals surface area contributed by atoms with Crippen LogP contribution in [-0.2, 0) is 41.2 Å². The van der Waals surface area contributed by atoms with E-state index in [2.05, 4.69) is 40.8 Å². The number of carbonyl (C=O) groups excluding carboxylic acids is 5. The van der Waals surface area contributed by atoms with Crippen LogP contribution in [0.4, 0.5) is 0 Å². The molecule has 0 radical (unpaired) electrons. The molecule has 2 amide bonds. The van der Waals surface area contributed by atoms with Crippen molar-refractivity contribution in [2.24, 2.45) is 28.4 Å². The lowest BCUT2D eigenvalue weighted by atomic mass is 9.86. The Morgan fingerprint density at radius 3 is 2.12 bits per heavy atom. The van der Waals surface area contributed by atoms with Crippen molar-refractivity contribution >= 4 is 39.4 Å². The average Bonchev–Trinajstić information content (AvgIpc) is 3.35.